The van der Waals surface area contributed by atoms with Crippen molar-refractivity contribution in [1.29, 1.82) is 0 Å². The Hall–Kier alpha value is -1.72. The summed E-state index contributed by atoms with van der Waals surface area (Å²) in [5, 5.41) is 0. The number of aromatic amines is 1. The number of nitrogens with zero attached hydrogens (tertiary/aromatic N) is 2. The summed E-state index contributed by atoms with van der Waals surface area (Å²) in [7, 11) is 0. The van der Waals surface area contributed by atoms with Crippen LogP contribution in [0.1, 0.15) is 19.7 Å². The first-order valence-corrected chi connectivity index (χ1v) is 6.39. The third-order valence-corrected chi connectivity index (χ3v) is 3.00. The van der Waals surface area contributed by atoms with E-state index >= 15 is 0 Å². The molecule has 19 heavy (non-hydrogen) atoms. The van der Waals surface area contributed by atoms with Crippen molar-refractivity contribution in [1.82, 2.24) is 9.97 Å². The number of H-pyrrole nitrogens is 1. The fourth-order valence-corrected chi connectivity index (χ4v) is 2.14. The Bertz CT molecular complexity index is 571. The van der Waals surface area contributed by atoms with E-state index in [1.54, 1.807) is 6.21 Å². The minimum Gasteiger partial charge on any atom is -0.348 e. The maximum absolute atomic E-state index is 5.68. The molecule has 1 fully saturated rings. The van der Waals surface area contributed by atoms with Crippen molar-refractivity contribution in [2.75, 3.05) is 13.2 Å². The minimum absolute atomic E-state index is 0.0237. The number of hydrogen-bond donors (Lipinski definition) is 1. The van der Waals surface area contributed by atoms with Crippen molar-refractivity contribution < 1.29 is 9.47 Å². The quantitative estimate of drug-likeness (QED) is 0.859. The molecule has 0 bridgehead atoms. The second-order valence-corrected chi connectivity index (χ2v) is 5.08. The lowest BCUT2D eigenvalue weighted by molar-refractivity contribution is -0.137. The van der Waals surface area contributed by atoms with E-state index in [4.69, 9.17) is 9.47 Å². The van der Waals surface area contributed by atoms with Gasteiger partial charge in [0.2, 0.25) is 0 Å². The van der Waals surface area contributed by atoms with E-state index in [0.29, 0.717) is 13.2 Å². The van der Waals surface area contributed by atoms with Crippen LogP contribution >= 0.6 is 0 Å². The van der Waals surface area contributed by atoms with Gasteiger partial charge in [0.15, 0.2) is 5.79 Å². The van der Waals surface area contributed by atoms with E-state index in [2.05, 4.69) is 15.0 Å². The molecule has 1 atom stereocenters. The van der Waals surface area contributed by atoms with Gasteiger partial charge in [-0.3, -0.25) is 4.99 Å². The summed E-state index contributed by atoms with van der Waals surface area (Å²) >= 11 is 0. The van der Waals surface area contributed by atoms with Crippen LogP contribution in [0.5, 0.6) is 0 Å². The normalized spacial score (nSPS) is 22.5. The summed E-state index contributed by atoms with van der Waals surface area (Å²) in [5.74, 6) is 0.277. The number of nitrogens with one attached hydrogen (secondary N) is 1. The largest absolute Gasteiger partial charge is 0.348 e. The number of imidazole rings is 1. The Balaban J connectivity index is 1.63. The van der Waals surface area contributed by atoms with Crippen LogP contribution in [0, 0.1) is 0 Å². The van der Waals surface area contributed by atoms with E-state index in [1.807, 2.05) is 38.1 Å². The van der Waals surface area contributed by atoms with Crippen molar-refractivity contribution in [3.05, 3.63) is 30.1 Å². The molecule has 1 saturated heterocycles. The maximum atomic E-state index is 5.68. The molecule has 1 unspecified atom stereocenters. The lowest BCUT2D eigenvalue weighted by Gasteiger charge is -2.16. The lowest BCUT2D eigenvalue weighted by atomic mass is 10.3. The van der Waals surface area contributed by atoms with E-state index < -0.39 is 5.79 Å². The lowest BCUT2D eigenvalue weighted by Crippen LogP contribution is -2.22. The monoisotopic (exact) mass is 259 g/mol. The molecule has 100 valence electrons. The highest BCUT2D eigenvalue weighted by Gasteiger charge is 2.32. The van der Waals surface area contributed by atoms with E-state index in [9.17, 15) is 0 Å². The Morgan fingerprint density at radius 1 is 1.47 bits per heavy atom. The van der Waals surface area contributed by atoms with Gasteiger partial charge in [-0.05, 0) is 26.0 Å². The molecule has 1 aromatic carbocycles. The highest BCUT2D eigenvalue weighted by atomic mass is 16.7. The highest BCUT2D eigenvalue weighted by Crippen LogP contribution is 2.22. The fraction of sp³-hybridized carbons (Fsp3) is 0.429. The Morgan fingerprint density at radius 2 is 2.32 bits per heavy atom. The molecule has 2 aromatic rings. The summed E-state index contributed by atoms with van der Waals surface area (Å²) in [4.78, 5) is 12.0. The molecule has 1 aliphatic rings. The molecule has 0 amide bonds. The summed E-state index contributed by atoms with van der Waals surface area (Å²) in [6, 6.07) is 7.92. The average molecular weight is 259 g/mol. The Morgan fingerprint density at radius 3 is 3.05 bits per heavy atom. The van der Waals surface area contributed by atoms with Gasteiger partial charge < -0.3 is 14.5 Å². The zero-order chi connectivity index (χ0) is 13.3. The summed E-state index contributed by atoms with van der Waals surface area (Å²) in [6.07, 6.45) is 1.77. The fourth-order valence-electron chi connectivity index (χ4n) is 2.14. The standard InChI is InChI=1S/C14H17N3O2/c1-14(2)18-9-10(19-14)7-15-8-13-16-11-5-3-4-6-12(11)17-13/h3-6,8,10H,7,9H2,1-2H3,(H,16,17)/b15-8+. The molecular formula is C14H17N3O2. The van der Waals surface area contributed by atoms with Gasteiger partial charge in [0.1, 0.15) is 11.9 Å². The van der Waals surface area contributed by atoms with Gasteiger partial charge >= 0.3 is 0 Å². The molecule has 5 heteroatoms. The molecule has 0 spiro atoms. The van der Waals surface area contributed by atoms with E-state index in [-0.39, 0.29) is 6.10 Å². The number of benzene rings is 1. The van der Waals surface area contributed by atoms with Gasteiger partial charge in [-0.1, -0.05) is 12.1 Å². The molecule has 0 radical (unpaired) electrons. The number of rotatable bonds is 3. The van der Waals surface area contributed by atoms with Crippen LogP contribution in [0.15, 0.2) is 29.3 Å². The van der Waals surface area contributed by atoms with Crippen molar-refractivity contribution in [3.8, 4) is 0 Å². The molecular weight excluding hydrogens is 242 g/mol. The molecule has 1 aliphatic heterocycles. The predicted molar refractivity (Wildman–Crippen MR) is 73.5 cm³/mol. The number of fused-ring (bicyclic) bond motifs is 1. The van der Waals surface area contributed by atoms with E-state index in [1.165, 1.54) is 0 Å². The number of aliphatic imine (C=N–C) groups is 1. The van der Waals surface area contributed by atoms with Crippen LogP contribution in [0.3, 0.4) is 0 Å². The molecule has 0 saturated carbocycles. The van der Waals surface area contributed by atoms with Crippen molar-refractivity contribution in [2.24, 2.45) is 4.99 Å². The molecule has 2 heterocycles. The average Bonchev–Trinajstić information content (AvgIpc) is 2.92. The van der Waals surface area contributed by atoms with Gasteiger partial charge in [0, 0.05) is 0 Å². The second kappa shape index (κ2) is 4.75. The van der Waals surface area contributed by atoms with E-state index in [0.717, 1.165) is 16.9 Å². The van der Waals surface area contributed by atoms with Crippen LogP contribution in [0.2, 0.25) is 0 Å². The smallest absolute Gasteiger partial charge is 0.163 e. The first kappa shape index (κ1) is 12.3. The third kappa shape index (κ3) is 2.83. The summed E-state index contributed by atoms with van der Waals surface area (Å²) < 4.78 is 11.2. The first-order valence-electron chi connectivity index (χ1n) is 6.39. The molecule has 3 rings (SSSR count). The molecule has 5 nitrogen and oxygen atoms in total. The van der Waals surface area contributed by atoms with Crippen LogP contribution in [0.4, 0.5) is 0 Å². The zero-order valence-electron chi connectivity index (χ0n) is 11.1. The SMILES string of the molecule is CC1(C)OCC(C/N=C/c2nc3ccccc3[nH]2)O1. The van der Waals surface area contributed by atoms with Gasteiger partial charge in [0.05, 0.1) is 30.4 Å². The van der Waals surface area contributed by atoms with Gasteiger partial charge in [-0.25, -0.2) is 4.98 Å². The predicted octanol–water partition coefficient (Wildman–Crippen LogP) is 2.13. The van der Waals surface area contributed by atoms with Crippen molar-refractivity contribution in [3.63, 3.8) is 0 Å². The zero-order valence-corrected chi connectivity index (χ0v) is 11.1. The number of ether oxygens (including phenoxy) is 2. The van der Waals surface area contributed by atoms with Crippen molar-refractivity contribution >= 4 is 17.2 Å². The van der Waals surface area contributed by atoms with Crippen LogP contribution in [-0.2, 0) is 9.47 Å². The van der Waals surface area contributed by atoms with Gasteiger partial charge in [0.25, 0.3) is 0 Å². The molecule has 1 N–H and O–H groups in total. The second-order valence-electron chi connectivity index (χ2n) is 5.08. The number of para-hydroxylation sites is 2. The molecule has 1 aromatic heterocycles. The molecule has 0 aliphatic carbocycles. The summed E-state index contributed by atoms with van der Waals surface area (Å²) in [6.45, 7) is 5.00. The topological polar surface area (TPSA) is 59.5 Å². The van der Waals surface area contributed by atoms with Crippen LogP contribution < -0.4 is 0 Å². The highest BCUT2D eigenvalue weighted by molar-refractivity contribution is 5.83. The first-order chi connectivity index (χ1) is 9.12. The number of aromatic nitrogens is 2. The maximum Gasteiger partial charge on any atom is 0.163 e. The summed E-state index contributed by atoms with van der Waals surface area (Å²) in [5.41, 5.74) is 1.97. The number of hydrogen-bond acceptors (Lipinski definition) is 4. The minimum atomic E-state index is -0.487. The van der Waals surface area contributed by atoms with Gasteiger partial charge in [-0.2, -0.15) is 0 Å². The third-order valence-electron chi connectivity index (χ3n) is 3.00. The Kier molecular flexibility index (Phi) is 3.08. The Labute approximate surface area is 111 Å². The van der Waals surface area contributed by atoms with Gasteiger partial charge in [-0.15, -0.1) is 0 Å². The van der Waals surface area contributed by atoms with Crippen LogP contribution in [0.25, 0.3) is 11.0 Å². The van der Waals surface area contributed by atoms with Crippen molar-refractivity contribution in [2.45, 2.75) is 25.7 Å². The van der Waals surface area contributed by atoms with Crippen LogP contribution in [-0.4, -0.2) is 41.2 Å².